The summed E-state index contributed by atoms with van der Waals surface area (Å²) in [6, 6.07) is 18.7. The standard InChI is InChI=1S/C21H19N3O2/c1-15-7-9-19(10-8-15)24-21(26)18-11-17(13-22-14-18)20(25)23-12-16-5-3-2-4-6-16/h2-11,13-14H,12H2,1H3,(H,23,25)(H,24,26). The molecule has 26 heavy (non-hydrogen) atoms. The van der Waals surface area contributed by atoms with Crippen LogP contribution in [0.4, 0.5) is 5.69 Å². The van der Waals surface area contributed by atoms with E-state index in [1.807, 2.05) is 61.5 Å². The number of aromatic nitrogens is 1. The largest absolute Gasteiger partial charge is 0.348 e. The summed E-state index contributed by atoms with van der Waals surface area (Å²) in [5, 5.41) is 5.63. The molecule has 1 heterocycles. The quantitative estimate of drug-likeness (QED) is 0.742. The number of carbonyl (C=O) groups is 2. The molecule has 0 fully saturated rings. The van der Waals surface area contributed by atoms with Gasteiger partial charge in [0.2, 0.25) is 0 Å². The second-order valence-electron chi connectivity index (χ2n) is 5.95. The highest BCUT2D eigenvalue weighted by Gasteiger charge is 2.11. The van der Waals surface area contributed by atoms with E-state index in [4.69, 9.17) is 0 Å². The number of aryl methyl sites for hydroxylation is 1. The van der Waals surface area contributed by atoms with Crippen molar-refractivity contribution in [1.29, 1.82) is 0 Å². The topological polar surface area (TPSA) is 71.1 Å². The minimum absolute atomic E-state index is 0.272. The molecule has 2 aromatic carbocycles. The van der Waals surface area contributed by atoms with Crippen molar-refractivity contribution in [3.8, 4) is 0 Å². The Hall–Kier alpha value is -3.47. The Balaban J connectivity index is 1.66. The van der Waals surface area contributed by atoms with Gasteiger partial charge in [-0.2, -0.15) is 0 Å². The molecule has 2 N–H and O–H groups in total. The van der Waals surface area contributed by atoms with E-state index in [-0.39, 0.29) is 11.8 Å². The maximum absolute atomic E-state index is 12.4. The van der Waals surface area contributed by atoms with Crippen LogP contribution >= 0.6 is 0 Å². The van der Waals surface area contributed by atoms with Crippen LogP contribution in [0, 0.1) is 6.92 Å². The Morgan fingerprint density at radius 3 is 2.23 bits per heavy atom. The van der Waals surface area contributed by atoms with Gasteiger partial charge in [0.05, 0.1) is 11.1 Å². The Morgan fingerprint density at radius 2 is 1.54 bits per heavy atom. The Labute approximate surface area is 152 Å². The van der Waals surface area contributed by atoms with Crippen molar-refractivity contribution in [3.63, 3.8) is 0 Å². The molecule has 0 atom stereocenters. The van der Waals surface area contributed by atoms with Crippen LogP contribution in [-0.4, -0.2) is 16.8 Å². The molecule has 3 rings (SSSR count). The lowest BCUT2D eigenvalue weighted by molar-refractivity contribution is 0.0950. The maximum atomic E-state index is 12.4. The van der Waals surface area contributed by atoms with Crippen molar-refractivity contribution >= 4 is 17.5 Å². The van der Waals surface area contributed by atoms with E-state index >= 15 is 0 Å². The number of nitrogens with one attached hydrogen (secondary N) is 2. The molecule has 0 saturated carbocycles. The van der Waals surface area contributed by atoms with Gasteiger partial charge < -0.3 is 10.6 Å². The van der Waals surface area contributed by atoms with Gasteiger partial charge in [0.25, 0.3) is 11.8 Å². The molecule has 0 bridgehead atoms. The zero-order valence-corrected chi connectivity index (χ0v) is 14.4. The highest BCUT2D eigenvalue weighted by atomic mass is 16.2. The monoisotopic (exact) mass is 345 g/mol. The van der Waals surface area contributed by atoms with Gasteiger partial charge in [-0.25, -0.2) is 0 Å². The number of anilines is 1. The lowest BCUT2D eigenvalue weighted by Crippen LogP contribution is -2.23. The number of pyridine rings is 1. The summed E-state index contributed by atoms with van der Waals surface area (Å²) < 4.78 is 0. The first kappa shape index (κ1) is 17.4. The van der Waals surface area contributed by atoms with E-state index in [1.165, 1.54) is 18.5 Å². The second-order valence-corrected chi connectivity index (χ2v) is 5.95. The van der Waals surface area contributed by atoms with Gasteiger partial charge in [0, 0.05) is 24.6 Å². The summed E-state index contributed by atoms with van der Waals surface area (Å²) in [5.74, 6) is -0.578. The average molecular weight is 345 g/mol. The van der Waals surface area contributed by atoms with E-state index in [2.05, 4.69) is 15.6 Å². The number of rotatable bonds is 5. The minimum atomic E-state index is -0.306. The van der Waals surface area contributed by atoms with E-state index < -0.39 is 0 Å². The van der Waals surface area contributed by atoms with Crippen LogP contribution < -0.4 is 10.6 Å². The molecule has 5 heteroatoms. The van der Waals surface area contributed by atoms with Crippen LogP contribution in [0.2, 0.25) is 0 Å². The van der Waals surface area contributed by atoms with Crippen LogP contribution in [0.1, 0.15) is 31.8 Å². The number of nitrogens with zero attached hydrogens (tertiary/aromatic N) is 1. The molecule has 0 aliphatic rings. The summed E-state index contributed by atoms with van der Waals surface area (Å²) in [7, 11) is 0. The Bertz CT molecular complexity index is 906. The SMILES string of the molecule is Cc1ccc(NC(=O)c2cncc(C(=O)NCc3ccccc3)c2)cc1. The summed E-state index contributed by atoms with van der Waals surface area (Å²) in [6.45, 7) is 2.40. The maximum Gasteiger partial charge on any atom is 0.257 e. The molecule has 0 saturated heterocycles. The van der Waals surface area contributed by atoms with Gasteiger partial charge in [-0.15, -0.1) is 0 Å². The molecule has 0 aliphatic carbocycles. The first-order valence-electron chi connectivity index (χ1n) is 8.27. The summed E-state index contributed by atoms with van der Waals surface area (Å²) >= 11 is 0. The minimum Gasteiger partial charge on any atom is -0.348 e. The van der Waals surface area contributed by atoms with Gasteiger partial charge in [-0.1, -0.05) is 48.0 Å². The third-order valence-electron chi connectivity index (χ3n) is 3.87. The fourth-order valence-electron chi connectivity index (χ4n) is 2.41. The number of hydrogen-bond acceptors (Lipinski definition) is 3. The van der Waals surface area contributed by atoms with Crippen LogP contribution in [0.15, 0.2) is 73.1 Å². The molecule has 0 spiro atoms. The van der Waals surface area contributed by atoms with Gasteiger partial charge >= 0.3 is 0 Å². The molecule has 0 aliphatic heterocycles. The van der Waals surface area contributed by atoms with Gasteiger partial charge in [0.1, 0.15) is 0 Å². The smallest absolute Gasteiger partial charge is 0.257 e. The average Bonchev–Trinajstić information content (AvgIpc) is 2.69. The lowest BCUT2D eigenvalue weighted by Gasteiger charge is -2.08. The molecule has 5 nitrogen and oxygen atoms in total. The Morgan fingerprint density at radius 1 is 0.885 bits per heavy atom. The second kappa shape index (κ2) is 8.07. The predicted octanol–water partition coefficient (Wildman–Crippen LogP) is 3.57. The third kappa shape index (κ3) is 4.54. The van der Waals surface area contributed by atoms with Crippen molar-refractivity contribution in [1.82, 2.24) is 10.3 Å². The van der Waals surface area contributed by atoms with Crippen molar-refractivity contribution in [3.05, 3.63) is 95.3 Å². The van der Waals surface area contributed by atoms with E-state index in [0.29, 0.717) is 23.4 Å². The Kier molecular flexibility index (Phi) is 5.39. The lowest BCUT2D eigenvalue weighted by atomic mass is 10.1. The summed E-state index contributed by atoms with van der Waals surface area (Å²) in [6.07, 6.45) is 2.89. The van der Waals surface area contributed by atoms with Gasteiger partial charge in [-0.05, 0) is 30.7 Å². The zero-order chi connectivity index (χ0) is 18.4. The first-order chi connectivity index (χ1) is 12.6. The number of amides is 2. The van der Waals surface area contributed by atoms with Crippen molar-refractivity contribution in [2.24, 2.45) is 0 Å². The number of carbonyl (C=O) groups excluding carboxylic acids is 2. The van der Waals surface area contributed by atoms with Crippen LogP contribution in [0.5, 0.6) is 0 Å². The zero-order valence-electron chi connectivity index (χ0n) is 14.4. The third-order valence-corrected chi connectivity index (χ3v) is 3.87. The van der Waals surface area contributed by atoms with E-state index in [1.54, 1.807) is 0 Å². The highest BCUT2D eigenvalue weighted by Crippen LogP contribution is 2.11. The van der Waals surface area contributed by atoms with E-state index in [9.17, 15) is 9.59 Å². The molecule has 0 radical (unpaired) electrons. The normalized spacial score (nSPS) is 10.2. The molecule has 130 valence electrons. The summed E-state index contributed by atoms with van der Waals surface area (Å²) in [5.41, 5.74) is 3.48. The van der Waals surface area contributed by atoms with Gasteiger partial charge in [0.15, 0.2) is 0 Å². The number of benzene rings is 2. The molecule has 2 amide bonds. The predicted molar refractivity (Wildman–Crippen MR) is 101 cm³/mol. The molecular formula is C21H19N3O2. The molecule has 1 aromatic heterocycles. The van der Waals surface area contributed by atoms with Gasteiger partial charge in [-0.3, -0.25) is 14.6 Å². The molecule has 0 unspecified atom stereocenters. The highest BCUT2D eigenvalue weighted by molar-refractivity contribution is 6.05. The summed E-state index contributed by atoms with van der Waals surface area (Å²) in [4.78, 5) is 28.7. The van der Waals surface area contributed by atoms with Crippen molar-refractivity contribution in [2.45, 2.75) is 13.5 Å². The molecule has 3 aromatic rings. The fourth-order valence-corrected chi connectivity index (χ4v) is 2.41. The first-order valence-corrected chi connectivity index (χ1v) is 8.27. The number of hydrogen-bond donors (Lipinski definition) is 2. The molecular weight excluding hydrogens is 326 g/mol. The van der Waals surface area contributed by atoms with Crippen LogP contribution in [0.3, 0.4) is 0 Å². The van der Waals surface area contributed by atoms with Crippen LogP contribution in [-0.2, 0) is 6.54 Å². The van der Waals surface area contributed by atoms with Crippen molar-refractivity contribution in [2.75, 3.05) is 5.32 Å². The van der Waals surface area contributed by atoms with E-state index in [0.717, 1.165) is 11.1 Å². The van der Waals surface area contributed by atoms with Crippen LogP contribution in [0.25, 0.3) is 0 Å². The fraction of sp³-hybridized carbons (Fsp3) is 0.0952. The van der Waals surface area contributed by atoms with Crippen molar-refractivity contribution < 1.29 is 9.59 Å².